The second-order valence-electron chi connectivity index (χ2n) is 8.83. The van der Waals surface area contributed by atoms with Gasteiger partial charge in [-0.15, -0.1) is 0 Å². The number of Topliss-reactive ketones (excluding diaryl/α,β-unsaturated/α-hetero) is 2. The van der Waals surface area contributed by atoms with Crippen LogP contribution in [0.25, 0.3) is 0 Å². The summed E-state index contributed by atoms with van der Waals surface area (Å²) in [4.78, 5) is 56.2. The zero-order valence-corrected chi connectivity index (χ0v) is 18.8. The quantitative estimate of drug-likeness (QED) is 0.429. The highest BCUT2D eigenvalue weighted by atomic mass is 16.5. The molecule has 6 rings (SSSR count). The van der Waals surface area contributed by atoms with E-state index in [2.05, 4.69) is 0 Å². The minimum atomic E-state index is -2.07. The number of rotatable bonds is 4. The van der Waals surface area contributed by atoms with Crippen LogP contribution in [0.5, 0.6) is 5.75 Å². The molecule has 3 atom stereocenters. The number of amides is 2. The summed E-state index contributed by atoms with van der Waals surface area (Å²) in [7, 11) is 0. The SMILES string of the molecule is CCOc1ccc(N2C(=O)[C@@H]3[C@@H](c4ccccc4)OC4(C(=O)c5ccccc5C4=O)[C@@H]3C2=O)cc1. The average molecular weight is 467 g/mol. The van der Waals surface area contributed by atoms with Crippen molar-refractivity contribution in [2.75, 3.05) is 11.5 Å². The van der Waals surface area contributed by atoms with Crippen molar-refractivity contribution in [2.24, 2.45) is 11.8 Å². The first-order chi connectivity index (χ1) is 17.0. The van der Waals surface area contributed by atoms with E-state index in [0.29, 0.717) is 23.6 Å². The zero-order chi connectivity index (χ0) is 24.3. The number of hydrogen-bond acceptors (Lipinski definition) is 6. The Kier molecular flexibility index (Phi) is 4.72. The smallest absolute Gasteiger partial charge is 0.241 e. The number of imide groups is 1. The molecule has 0 bridgehead atoms. The number of anilines is 1. The van der Waals surface area contributed by atoms with Crippen LogP contribution in [0.1, 0.15) is 39.3 Å². The van der Waals surface area contributed by atoms with Gasteiger partial charge in [-0.05, 0) is 36.8 Å². The molecule has 2 heterocycles. The minimum Gasteiger partial charge on any atom is -0.494 e. The molecular formula is C28H21NO6. The lowest BCUT2D eigenvalue weighted by Gasteiger charge is -2.27. The Balaban J connectivity index is 1.49. The zero-order valence-electron chi connectivity index (χ0n) is 18.8. The normalized spacial score (nSPS) is 24.3. The maximum Gasteiger partial charge on any atom is 0.241 e. The largest absolute Gasteiger partial charge is 0.494 e. The van der Waals surface area contributed by atoms with Crippen LogP contribution in [0.3, 0.4) is 0 Å². The fraction of sp³-hybridized carbons (Fsp3) is 0.214. The first kappa shape index (κ1) is 21.4. The van der Waals surface area contributed by atoms with E-state index in [1.54, 1.807) is 72.8 Å². The van der Waals surface area contributed by atoms with Crippen LogP contribution in [0.15, 0.2) is 78.9 Å². The monoisotopic (exact) mass is 467 g/mol. The number of nitrogens with zero attached hydrogens (tertiary/aromatic N) is 1. The van der Waals surface area contributed by atoms with Gasteiger partial charge in [0, 0.05) is 11.1 Å². The van der Waals surface area contributed by atoms with E-state index in [1.807, 2.05) is 13.0 Å². The van der Waals surface area contributed by atoms with Gasteiger partial charge < -0.3 is 9.47 Å². The first-order valence-electron chi connectivity index (χ1n) is 11.5. The van der Waals surface area contributed by atoms with Gasteiger partial charge in [0.25, 0.3) is 0 Å². The predicted octanol–water partition coefficient (Wildman–Crippen LogP) is 3.78. The highest BCUT2D eigenvalue weighted by Gasteiger charge is 2.74. The van der Waals surface area contributed by atoms with Crippen molar-refractivity contribution in [1.82, 2.24) is 0 Å². The Morgan fingerprint density at radius 1 is 0.800 bits per heavy atom. The molecule has 0 radical (unpaired) electrons. The van der Waals surface area contributed by atoms with Crippen LogP contribution in [0.4, 0.5) is 5.69 Å². The van der Waals surface area contributed by atoms with E-state index in [9.17, 15) is 19.2 Å². The van der Waals surface area contributed by atoms with Crippen molar-refractivity contribution in [1.29, 1.82) is 0 Å². The van der Waals surface area contributed by atoms with Crippen molar-refractivity contribution in [3.63, 3.8) is 0 Å². The summed E-state index contributed by atoms with van der Waals surface area (Å²) in [6.45, 7) is 2.34. The van der Waals surface area contributed by atoms with Gasteiger partial charge in [0.15, 0.2) is 0 Å². The summed E-state index contributed by atoms with van der Waals surface area (Å²) in [5, 5.41) is 0. The number of ketones is 2. The summed E-state index contributed by atoms with van der Waals surface area (Å²) in [5.74, 6) is -3.92. The number of carbonyl (C=O) groups is 4. The van der Waals surface area contributed by atoms with Crippen molar-refractivity contribution >= 4 is 29.1 Å². The summed E-state index contributed by atoms with van der Waals surface area (Å²) in [6.07, 6.45) is -0.924. The van der Waals surface area contributed by atoms with Gasteiger partial charge in [-0.2, -0.15) is 0 Å². The first-order valence-corrected chi connectivity index (χ1v) is 11.5. The van der Waals surface area contributed by atoms with Gasteiger partial charge >= 0.3 is 0 Å². The molecule has 7 heteroatoms. The van der Waals surface area contributed by atoms with Crippen molar-refractivity contribution in [3.8, 4) is 5.75 Å². The molecule has 7 nitrogen and oxygen atoms in total. The van der Waals surface area contributed by atoms with E-state index in [-0.39, 0.29) is 11.1 Å². The summed E-state index contributed by atoms with van der Waals surface area (Å²) in [6, 6.07) is 22.0. The van der Waals surface area contributed by atoms with Crippen LogP contribution < -0.4 is 9.64 Å². The van der Waals surface area contributed by atoms with Crippen LogP contribution in [-0.2, 0) is 14.3 Å². The van der Waals surface area contributed by atoms with Crippen LogP contribution >= 0.6 is 0 Å². The van der Waals surface area contributed by atoms with Crippen molar-refractivity contribution in [2.45, 2.75) is 18.6 Å². The third-order valence-electron chi connectivity index (χ3n) is 7.05. The molecular weight excluding hydrogens is 446 g/mol. The van der Waals surface area contributed by atoms with Crippen LogP contribution in [-0.4, -0.2) is 35.6 Å². The lowest BCUT2D eigenvalue weighted by Crippen LogP contribution is -2.51. The number of ether oxygens (including phenoxy) is 2. The average Bonchev–Trinajstić information content (AvgIpc) is 3.45. The number of carbonyl (C=O) groups excluding carboxylic acids is 4. The molecule has 35 heavy (non-hydrogen) atoms. The molecule has 0 saturated carbocycles. The Morgan fingerprint density at radius 3 is 2.00 bits per heavy atom. The van der Waals surface area contributed by atoms with Crippen LogP contribution in [0.2, 0.25) is 0 Å². The summed E-state index contributed by atoms with van der Waals surface area (Å²) in [5.41, 5.74) is -0.656. The maximum absolute atomic E-state index is 13.9. The van der Waals surface area contributed by atoms with E-state index in [1.165, 1.54) is 0 Å². The van der Waals surface area contributed by atoms with Crippen molar-refractivity contribution < 1.29 is 28.7 Å². The fourth-order valence-corrected chi connectivity index (χ4v) is 5.57. The predicted molar refractivity (Wildman–Crippen MR) is 125 cm³/mol. The lowest BCUT2D eigenvalue weighted by atomic mass is 9.77. The Labute approximate surface area is 201 Å². The third-order valence-corrected chi connectivity index (χ3v) is 7.05. The van der Waals surface area contributed by atoms with Crippen molar-refractivity contribution in [3.05, 3.63) is 95.6 Å². The Hall–Kier alpha value is -4.10. The second kappa shape index (κ2) is 7.71. The maximum atomic E-state index is 13.9. The second-order valence-corrected chi connectivity index (χ2v) is 8.83. The molecule has 0 N–H and O–H groups in total. The van der Waals surface area contributed by atoms with Gasteiger partial charge in [0.1, 0.15) is 5.75 Å². The highest BCUT2D eigenvalue weighted by molar-refractivity contribution is 6.37. The minimum absolute atomic E-state index is 0.213. The molecule has 2 aliphatic heterocycles. The Bertz CT molecular complexity index is 1350. The molecule has 1 spiro atoms. The van der Waals surface area contributed by atoms with Gasteiger partial charge in [-0.3, -0.25) is 19.2 Å². The molecule has 1 aliphatic carbocycles. The molecule has 174 valence electrons. The van der Waals surface area contributed by atoms with Crippen LogP contribution in [0, 0.1) is 11.8 Å². The number of hydrogen-bond donors (Lipinski definition) is 0. The standard InChI is InChI=1S/C28H21NO6/c1-2-34-18-14-12-17(13-15-18)29-26(32)21-22(27(29)33)28(35-23(21)16-8-4-3-5-9-16)24(30)19-10-6-7-11-20(19)25(28)31/h3-15,21-23H,2H2,1H3/t21-,22-,23+/m0/s1. The topological polar surface area (TPSA) is 90.0 Å². The molecule has 3 aromatic carbocycles. The molecule has 2 amide bonds. The van der Waals surface area contributed by atoms with Gasteiger partial charge in [0.2, 0.25) is 29.0 Å². The molecule has 2 fully saturated rings. The van der Waals surface area contributed by atoms with E-state index < -0.39 is 46.9 Å². The highest BCUT2D eigenvalue weighted by Crippen LogP contribution is 2.57. The third kappa shape index (κ3) is 2.82. The van der Waals surface area contributed by atoms with E-state index in [4.69, 9.17) is 9.47 Å². The van der Waals surface area contributed by atoms with Gasteiger partial charge in [0.05, 0.1) is 30.2 Å². The number of fused-ring (bicyclic) bond motifs is 3. The fourth-order valence-electron chi connectivity index (χ4n) is 5.57. The Morgan fingerprint density at radius 2 is 1.40 bits per heavy atom. The lowest BCUT2D eigenvalue weighted by molar-refractivity contribution is -0.127. The molecule has 3 aliphatic rings. The molecule has 0 aromatic heterocycles. The van der Waals surface area contributed by atoms with Gasteiger partial charge in [-0.1, -0.05) is 54.6 Å². The summed E-state index contributed by atoms with van der Waals surface area (Å²) < 4.78 is 11.7. The molecule has 3 aromatic rings. The van der Waals surface area contributed by atoms with Gasteiger partial charge in [-0.25, -0.2) is 4.90 Å². The van der Waals surface area contributed by atoms with E-state index >= 15 is 0 Å². The molecule has 0 unspecified atom stereocenters. The summed E-state index contributed by atoms with van der Waals surface area (Å²) >= 11 is 0. The number of benzene rings is 3. The van der Waals surface area contributed by atoms with E-state index in [0.717, 1.165) is 4.90 Å². The molecule has 2 saturated heterocycles.